The van der Waals surface area contributed by atoms with Gasteiger partial charge in [-0.15, -0.1) is 0 Å². The first-order chi connectivity index (χ1) is 8.20. The maximum absolute atomic E-state index is 11.8. The molecule has 0 unspecified atom stereocenters. The second-order valence-electron chi connectivity index (χ2n) is 6.25. The molecule has 3 heteroatoms. The number of hydrogen-bond acceptors (Lipinski definition) is 2. The highest BCUT2D eigenvalue weighted by Gasteiger charge is 2.35. The molecule has 18 heavy (non-hydrogen) atoms. The molecular weight excluding hydrogens is 226 g/mol. The van der Waals surface area contributed by atoms with Crippen molar-refractivity contribution in [2.75, 3.05) is 0 Å². The molecule has 0 aliphatic heterocycles. The molecular formula is C15H31NO2. The van der Waals surface area contributed by atoms with Crippen LogP contribution in [0.15, 0.2) is 0 Å². The summed E-state index contributed by atoms with van der Waals surface area (Å²) in [5.41, 5.74) is -1.50. The maximum Gasteiger partial charge on any atom is 0.220 e. The number of carbonyl (C=O) groups is 1. The fourth-order valence-corrected chi connectivity index (χ4v) is 1.63. The molecule has 108 valence electrons. The molecule has 0 heterocycles. The van der Waals surface area contributed by atoms with E-state index in [4.69, 9.17) is 0 Å². The largest absolute Gasteiger partial charge is 0.388 e. The standard InChI is InChI=1S/C15H31NO2/c1-6-7-8-9-10-11-12-13(17)16-14(2,3)15(4,5)18/h18H,6-12H2,1-5H3,(H,16,17). The molecule has 0 rings (SSSR count). The van der Waals surface area contributed by atoms with Crippen LogP contribution in [0.4, 0.5) is 0 Å². The predicted molar refractivity (Wildman–Crippen MR) is 76.5 cm³/mol. The average molecular weight is 257 g/mol. The van der Waals surface area contributed by atoms with Crippen LogP contribution in [0.5, 0.6) is 0 Å². The number of nitrogens with one attached hydrogen (secondary N) is 1. The summed E-state index contributed by atoms with van der Waals surface area (Å²) in [4.78, 5) is 11.8. The Morgan fingerprint density at radius 3 is 2.00 bits per heavy atom. The van der Waals surface area contributed by atoms with Crippen molar-refractivity contribution in [3.8, 4) is 0 Å². The molecule has 2 N–H and O–H groups in total. The monoisotopic (exact) mass is 257 g/mol. The van der Waals surface area contributed by atoms with E-state index in [-0.39, 0.29) is 5.91 Å². The molecule has 0 bridgehead atoms. The molecule has 1 amide bonds. The van der Waals surface area contributed by atoms with E-state index in [9.17, 15) is 9.90 Å². The van der Waals surface area contributed by atoms with E-state index in [2.05, 4.69) is 12.2 Å². The summed E-state index contributed by atoms with van der Waals surface area (Å²) in [5, 5.41) is 12.9. The molecule has 0 spiro atoms. The van der Waals surface area contributed by atoms with Crippen molar-refractivity contribution in [3.05, 3.63) is 0 Å². The van der Waals surface area contributed by atoms with E-state index in [0.29, 0.717) is 6.42 Å². The van der Waals surface area contributed by atoms with Crippen LogP contribution in [0.3, 0.4) is 0 Å². The van der Waals surface area contributed by atoms with Crippen LogP contribution < -0.4 is 5.32 Å². The molecule has 0 atom stereocenters. The van der Waals surface area contributed by atoms with Gasteiger partial charge in [-0.25, -0.2) is 0 Å². The quantitative estimate of drug-likeness (QED) is 0.622. The molecule has 0 fully saturated rings. The van der Waals surface area contributed by atoms with Crippen molar-refractivity contribution >= 4 is 5.91 Å². The zero-order chi connectivity index (χ0) is 14.2. The summed E-state index contributed by atoms with van der Waals surface area (Å²) in [6.45, 7) is 9.35. The molecule has 0 aromatic heterocycles. The van der Waals surface area contributed by atoms with Crippen LogP contribution >= 0.6 is 0 Å². The van der Waals surface area contributed by atoms with Crippen LogP contribution in [-0.4, -0.2) is 22.2 Å². The molecule has 3 nitrogen and oxygen atoms in total. The Labute approximate surface area is 112 Å². The van der Waals surface area contributed by atoms with Gasteiger partial charge in [0.15, 0.2) is 0 Å². The second kappa shape index (κ2) is 7.78. The van der Waals surface area contributed by atoms with E-state index < -0.39 is 11.1 Å². The van der Waals surface area contributed by atoms with Gasteiger partial charge in [0.25, 0.3) is 0 Å². The number of hydrogen-bond donors (Lipinski definition) is 2. The van der Waals surface area contributed by atoms with E-state index in [1.54, 1.807) is 13.8 Å². The first-order valence-corrected chi connectivity index (χ1v) is 7.24. The van der Waals surface area contributed by atoms with Gasteiger partial charge in [-0.05, 0) is 34.1 Å². The summed E-state index contributed by atoms with van der Waals surface area (Å²) in [5.74, 6) is 0.0395. The highest BCUT2D eigenvalue weighted by atomic mass is 16.3. The van der Waals surface area contributed by atoms with Crippen LogP contribution in [0.25, 0.3) is 0 Å². The smallest absolute Gasteiger partial charge is 0.220 e. The number of unbranched alkanes of at least 4 members (excludes halogenated alkanes) is 5. The lowest BCUT2D eigenvalue weighted by molar-refractivity contribution is -0.126. The molecule has 0 radical (unpaired) electrons. The Morgan fingerprint density at radius 2 is 1.50 bits per heavy atom. The highest BCUT2D eigenvalue weighted by molar-refractivity contribution is 5.76. The van der Waals surface area contributed by atoms with Gasteiger partial charge in [-0.3, -0.25) is 4.79 Å². The number of rotatable bonds is 9. The van der Waals surface area contributed by atoms with Gasteiger partial charge in [-0.2, -0.15) is 0 Å². The first kappa shape index (κ1) is 17.4. The minimum atomic E-state index is -0.913. The summed E-state index contributed by atoms with van der Waals surface area (Å²) < 4.78 is 0. The topological polar surface area (TPSA) is 49.3 Å². The van der Waals surface area contributed by atoms with Crippen molar-refractivity contribution in [1.29, 1.82) is 0 Å². The third-order valence-corrected chi connectivity index (χ3v) is 3.74. The molecule has 0 aromatic rings. The molecule has 0 aliphatic rings. The Balaban J connectivity index is 3.78. The zero-order valence-electron chi connectivity index (χ0n) is 12.8. The normalized spacial score (nSPS) is 12.6. The Morgan fingerprint density at radius 1 is 1.00 bits per heavy atom. The molecule has 0 saturated carbocycles. The van der Waals surface area contributed by atoms with Crippen LogP contribution in [-0.2, 0) is 4.79 Å². The highest BCUT2D eigenvalue weighted by Crippen LogP contribution is 2.20. The van der Waals surface area contributed by atoms with E-state index in [1.165, 1.54) is 25.7 Å². The lowest BCUT2D eigenvalue weighted by Crippen LogP contribution is -2.57. The van der Waals surface area contributed by atoms with Crippen molar-refractivity contribution in [1.82, 2.24) is 5.32 Å². The van der Waals surface area contributed by atoms with E-state index in [0.717, 1.165) is 12.8 Å². The lowest BCUT2D eigenvalue weighted by Gasteiger charge is -2.38. The summed E-state index contributed by atoms with van der Waals surface area (Å²) in [7, 11) is 0. The fourth-order valence-electron chi connectivity index (χ4n) is 1.63. The maximum atomic E-state index is 11.8. The Bertz CT molecular complexity index is 241. The van der Waals surface area contributed by atoms with Gasteiger partial charge < -0.3 is 10.4 Å². The van der Waals surface area contributed by atoms with E-state index in [1.807, 2.05) is 13.8 Å². The van der Waals surface area contributed by atoms with Crippen molar-refractivity contribution in [3.63, 3.8) is 0 Å². The lowest BCUT2D eigenvalue weighted by atomic mass is 9.86. The molecule has 0 aromatic carbocycles. The van der Waals surface area contributed by atoms with Gasteiger partial charge in [-0.1, -0.05) is 39.0 Å². The van der Waals surface area contributed by atoms with Gasteiger partial charge in [0, 0.05) is 6.42 Å². The van der Waals surface area contributed by atoms with Crippen LogP contribution in [0, 0.1) is 0 Å². The van der Waals surface area contributed by atoms with Crippen molar-refractivity contribution in [2.24, 2.45) is 0 Å². The third kappa shape index (κ3) is 7.00. The van der Waals surface area contributed by atoms with Crippen LogP contribution in [0.2, 0.25) is 0 Å². The second-order valence-corrected chi connectivity index (χ2v) is 6.25. The summed E-state index contributed by atoms with van der Waals surface area (Å²) in [6, 6.07) is 0. The van der Waals surface area contributed by atoms with Gasteiger partial charge >= 0.3 is 0 Å². The third-order valence-electron chi connectivity index (χ3n) is 3.74. The molecule has 0 aliphatic carbocycles. The van der Waals surface area contributed by atoms with Gasteiger partial charge in [0.2, 0.25) is 5.91 Å². The van der Waals surface area contributed by atoms with Crippen molar-refractivity contribution < 1.29 is 9.90 Å². The Hall–Kier alpha value is -0.570. The van der Waals surface area contributed by atoms with Gasteiger partial charge in [0.1, 0.15) is 0 Å². The van der Waals surface area contributed by atoms with Crippen molar-refractivity contribution in [2.45, 2.75) is 90.7 Å². The SMILES string of the molecule is CCCCCCCCC(=O)NC(C)(C)C(C)(C)O. The molecule has 0 saturated heterocycles. The van der Waals surface area contributed by atoms with Crippen LogP contribution in [0.1, 0.15) is 79.6 Å². The Kier molecular flexibility index (Phi) is 7.53. The minimum absolute atomic E-state index is 0.0395. The number of carbonyl (C=O) groups excluding carboxylic acids is 1. The summed E-state index contributed by atoms with van der Waals surface area (Å²) >= 11 is 0. The first-order valence-electron chi connectivity index (χ1n) is 7.24. The minimum Gasteiger partial charge on any atom is -0.388 e. The number of amides is 1. The average Bonchev–Trinajstić information content (AvgIpc) is 2.20. The summed E-state index contributed by atoms with van der Waals surface area (Å²) in [6.07, 6.45) is 7.65. The zero-order valence-corrected chi connectivity index (χ0v) is 12.8. The number of aliphatic hydroxyl groups is 1. The van der Waals surface area contributed by atoms with E-state index >= 15 is 0 Å². The fraction of sp³-hybridized carbons (Fsp3) is 0.933. The van der Waals surface area contributed by atoms with Gasteiger partial charge in [0.05, 0.1) is 11.1 Å². The predicted octanol–water partition coefficient (Wildman–Crippen LogP) is 3.40.